The molecule has 1 aromatic rings. The molecule has 2 heterocycles. The van der Waals surface area contributed by atoms with Gasteiger partial charge >= 0.3 is 0 Å². The molecule has 0 radical (unpaired) electrons. The predicted octanol–water partition coefficient (Wildman–Crippen LogP) is 1.80. The number of rotatable bonds is 4. The second-order valence-corrected chi connectivity index (χ2v) is 5.99. The molecule has 0 aliphatic carbocycles. The number of hydrogen-bond acceptors (Lipinski definition) is 5. The van der Waals surface area contributed by atoms with E-state index in [4.69, 9.17) is 9.68 Å². The molecule has 1 aromatic heterocycles. The van der Waals surface area contributed by atoms with Crippen LogP contribution in [0, 0.1) is 31.1 Å². The van der Waals surface area contributed by atoms with Crippen LogP contribution in [0.1, 0.15) is 36.7 Å². The molecule has 0 bridgehead atoms. The van der Waals surface area contributed by atoms with Crippen LogP contribution < -0.4 is 5.32 Å². The Morgan fingerprint density at radius 1 is 1.55 bits per heavy atom. The summed E-state index contributed by atoms with van der Waals surface area (Å²) in [5.74, 6) is 0.993. The maximum atomic E-state index is 12.2. The summed E-state index contributed by atoms with van der Waals surface area (Å²) in [4.78, 5) is 14.2. The molecule has 22 heavy (non-hydrogen) atoms. The monoisotopic (exact) mass is 305 g/mol. The third-order valence-corrected chi connectivity index (χ3v) is 4.51. The fourth-order valence-corrected chi connectivity index (χ4v) is 3.03. The fraction of sp³-hybridized carbons (Fsp3) is 0.625. The summed E-state index contributed by atoms with van der Waals surface area (Å²) in [6, 6.07) is 2.07. The summed E-state index contributed by atoms with van der Waals surface area (Å²) in [6.07, 6.45) is 2.09. The average molecular weight is 305 g/mol. The molecule has 2 unspecified atom stereocenters. The van der Waals surface area contributed by atoms with E-state index in [0.717, 1.165) is 24.9 Å². The molecular weight excluding hydrogens is 282 g/mol. The highest BCUT2D eigenvalue weighted by molar-refractivity contribution is 5.92. The van der Waals surface area contributed by atoms with Gasteiger partial charge in [0.2, 0.25) is 11.8 Å². The number of nitriles is 1. The topological polar surface area (TPSA) is 89.5 Å². The molecule has 6 nitrogen and oxygen atoms in total. The normalized spacial score (nSPS) is 22.3. The third kappa shape index (κ3) is 3.32. The van der Waals surface area contributed by atoms with E-state index in [1.165, 1.54) is 0 Å². The largest absolute Gasteiger partial charge is 0.444 e. The Labute approximate surface area is 130 Å². The van der Waals surface area contributed by atoms with Crippen LogP contribution in [0.15, 0.2) is 4.42 Å². The number of hydrogen-bond donors (Lipinski definition) is 2. The Hall–Kier alpha value is -1.84. The van der Waals surface area contributed by atoms with Crippen molar-refractivity contribution in [3.05, 3.63) is 16.9 Å². The molecule has 2 atom stereocenters. The number of aryl methyl sites for hydroxylation is 1. The zero-order valence-corrected chi connectivity index (χ0v) is 13.3. The van der Waals surface area contributed by atoms with Gasteiger partial charge in [-0.15, -0.1) is 0 Å². The third-order valence-electron chi connectivity index (χ3n) is 4.51. The average Bonchev–Trinajstić information content (AvgIpc) is 2.73. The van der Waals surface area contributed by atoms with Crippen molar-refractivity contribution in [3.8, 4) is 6.07 Å². The number of carbonyl (C=O) groups excluding carboxylic acids is 1. The van der Waals surface area contributed by atoms with Crippen LogP contribution in [0.25, 0.3) is 0 Å². The molecule has 1 amide bonds. The van der Waals surface area contributed by atoms with Crippen molar-refractivity contribution >= 4 is 11.8 Å². The summed E-state index contributed by atoms with van der Waals surface area (Å²) in [6.45, 7) is 6.69. The van der Waals surface area contributed by atoms with Gasteiger partial charge in [-0.2, -0.15) is 5.26 Å². The second-order valence-electron chi connectivity index (χ2n) is 5.99. The molecular formula is C16H23N3O3. The van der Waals surface area contributed by atoms with E-state index in [1.54, 1.807) is 13.8 Å². The standard InChI is InChI=1S/C16H23N3O3/c1-10-5-4-6-19(14(10)9-20)8-15(21)18-16-13(7-17)11(2)12(3)22-16/h10,14,20H,4-6,8-9H2,1-3H3,(H,18,21). The van der Waals surface area contributed by atoms with Crippen LogP contribution in [0.3, 0.4) is 0 Å². The van der Waals surface area contributed by atoms with E-state index in [1.807, 2.05) is 4.90 Å². The summed E-state index contributed by atoms with van der Waals surface area (Å²) in [5.41, 5.74) is 1.12. The Balaban J connectivity index is 2.04. The van der Waals surface area contributed by atoms with Gasteiger partial charge in [0.05, 0.1) is 13.2 Å². The molecule has 2 N–H and O–H groups in total. The molecule has 0 saturated carbocycles. The van der Waals surface area contributed by atoms with Crippen LogP contribution in [-0.4, -0.2) is 41.7 Å². The first kappa shape index (κ1) is 16.5. The van der Waals surface area contributed by atoms with Gasteiger partial charge in [-0.1, -0.05) is 6.92 Å². The van der Waals surface area contributed by atoms with Crippen LogP contribution in [-0.2, 0) is 4.79 Å². The highest BCUT2D eigenvalue weighted by atomic mass is 16.4. The minimum Gasteiger partial charge on any atom is -0.444 e. The number of anilines is 1. The van der Waals surface area contributed by atoms with E-state index in [0.29, 0.717) is 17.2 Å². The number of nitrogens with one attached hydrogen (secondary N) is 1. The molecule has 2 rings (SSSR count). The smallest absolute Gasteiger partial charge is 0.240 e. The highest BCUT2D eigenvalue weighted by Gasteiger charge is 2.29. The zero-order valence-electron chi connectivity index (χ0n) is 13.3. The van der Waals surface area contributed by atoms with Crippen molar-refractivity contribution in [2.75, 3.05) is 25.0 Å². The van der Waals surface area contributed by atoms with Gasteiger partial charge < -0.3 is 9.52 Å². The number of aliphatic hydroxyl groups excluding tert-OH is 1. The van der Waals surface area contributed by atoms with Crippen molar-refractivity contribution in [3.63, 3.8) is 0 Å². The Morgan fingerprint density at radius 3 is 2.91 bits per heavy atom. The molecule has 0 aromatic carbocycles. The second kappa shape index (κ2) is 6.95. The molecule has 1 fully saturated rings. The SMILES string of the molecule is Cc1oc(NC(=O)CN2CCCC(C)C2CO)c(C#N)c1C. The van der Waals surface area contributed by atoms with E-state index in [9.17, 15) is 9.90 Å². The Morgan fingerprint density at radius 2 is 2.27 bits per heavy atom. The Bertz CT molecular complexity index is 588. The van der Waals surface area contributed by atoms with Crippen molar-refractivity contribution in [2.45, 2.75) is 39.7 Å². The van der Waals surface area contributed by atoms with Crippen LogP contribution in [0.4, 0.5) is 5.88 Å². The lowest BCUT2D eigenvalue weighted by Crippen LogP contribution is -2.49. The van der Waals surface area contributed by atoms with E-state index in [2.05, 4.69) is 18.3 Å². The quantitative estimate of drug-likeness (QED) is 0.885. The molecule has 120 valence electrons. The first-order chi connectivity index (χ1) is 10.5. The van der Waals surface area contributed by atoms with Gasteiger partial charge in [0.25, 0.3) is 0 Å². The fourth-order valence-electron chi connectivity index (χ4n) is 3.03. The zero-order chi connectivity index (χ0) is 16.3. The molecule has 6 heteroatoms. The number of nitrogens with zero attached hydrogens (tertiary/aromatic N) is 2. The first-order valence-electron chi connectivity index (χ1n) is 7.62. The van der Waals surface area contributed by atoms with Gasteiger partial charge in [-0.25, -0.2) is 0 Å². The van der Waals surface area contributed by atoms with E-state index in [-0.39, 0.29) is 31.0 Å². The lowest BCUT2D eigenvalue weighted by molar-refractivity contribution is -0.119. The predicted molar refractivity (Wildman–Crippen MR) is 82.4 cm³/mol. The number of piperidine rings is 1. The minimum absolute atomic E-state index is 0.00927. The summed E-state index contributed by atoms with van der Waals surface area (Å²) in [7, 11) is 0. The molecule has 0 spiro atoms. The number of amides is 1. The highest BCUT2D eigenvalue weighted by Crippen LogP contribution is 2.26. The maximum absolute atomic E-state index is 12.2. The van der Waals surface area contributed by atoms with Gasteiger partial charge in [0.15, 0.2) is 0 Å². The summed E-state index contributed by atoms with van der Waals surface area (Å²) < 4.78 is 5.45. The molecule has 1 aliphatic rings. The van der Waals surface area contributed by atoms with Crippen LogP contribution in [0.5, 0.6) is 0 Å². The van der Waals surface area contributed by atoms with Gasteiger partial charge in [-0.05, 0) is 39.2 Å². The lowest BCUT2D eigenvalue weighted by Gasteiger charge is -2.38. The van der Waals surface area contributed by atoms with E-state index >= 15 is 0 Å². The van der Waals surface area contributed by atoms with Gasteiger partial charge in [-0.3, -0.25) is 15.0 Å². The van der Waals surface area contributed by atoms with Gasteiger partial charge in [0.1, 0.15) is 17.4 Å². The minimum atomic E-state index is -0.224. The number of carbonyl (C=O) groups is 1. The van der Waals surface area contributed by atoms with Crippen LogP contribution in [0.2, 0.25) is 0 Å². The summed E-state index contributed by atoms with van der Waals surface area (Å²) >= 11 is 0. The number of likely N-dealkylation sites (tertiary alicyclic amines) is 1. The van der Waals surface area contributed by atoms with Crippen molar-refractivity contribution in [1.29, 1.82) is 5.26 Å². The van der Waals surface area contributed by atoms with Gasteiger partial charge in [0, 0.05) is 11.6 Å². The van der Waals surface area contributed by atoms with Crippen molar-refractivity contribution in [1.82, 2.24) is 4.90 Å². The van der Waals surface area contributed by atoms with Crippen LogP contribution >= 0.6 is 0 Å². The van der Waals surface area contributed by atoms with Crippen molar-refractivity contribution < 1.29 is 14.3 Å². The number of furan rings is 1. The maximum Gasteiger partial charge on any atom is 0.240 e. The summed E-state index contributed by atoms with van der Waals surface area (Å²) in [5, 5.41) is 21.4. The molecule has 1 aliphatic heterocycles. The number of aliphatic hydroxyl groups is 1. The first-order valence-corrected chi connectivity index (χ1v) is 7.62. The Kier molecular flexibility index (Phi) is 5.22. The molecule has 1 saturated heterocycles. The lowest BCUT2D eigenvalue weighted by atomic mass is 9.91. The van der Waals surface area contributed by atoms with E-state index < -0.39 is 0 Å². The van der Waals surface area contributed by atoms with Crippen molar-refractivity contribution in [2.24, 2.45) is 5.92 Å².